The van der Waals surface area contributed by atoms with Gasteiger partial charge >= 0.3 is 0 Å². The molecular formula is C20H27N3O4. The molecular weight excluding hydrogens is 346 g/mol. The van der Waals surface area contributed by atoms with Gasteiger partial charge in [-0.05, 0) is 19.3 Å². The monoisotopic (exact) mass is 373 g/mol. The van der Waals surface area contributed by atoms with Crippen molar-refractivity contribution < 1.29 is 19.1 Å². The van der Waals surface area contributed by atoms with E-state index in [4.69, 9.17) is 9.47 Å². The van der Waals surface area contributed by atoms with Gasteiger partial charge in [0, 0.05) is 56.3 Å². The third kappa shape index (κ3) is 3.60. The van der Waals surface area contributed by atoms with Gasteiger partial charge in [-0.2, -0.15) is 0 Å². The number of nitrogens with one attached hydrogen (secondary N) is 1. The van der Waals surface area contributed by atoms with Crippen molar-refractivity contribution in [3.8, 4) is 11.5 Å². The lowest BCUT2D eigenvalue weighted by Gasteiger charge is -2.27. The molecule has 0 radical (unpaired) electrons. The van der Waals surface area contributed by atoms with Crippen LogP contribution in [0.2, 0.25) is 0 Å². The molecule has 3 fully saturated rings. The molecule has 3 heterocycles. The number of methoxy groups -OCH3 is 2. The minimum absolute atomic E-state index is 0.0295. The molecule has 0 aliphatic carbocycles. The Balaban J connectivity index is 1.48. The first kappa shape index (κ1) is 18.1. The van der Waals surface area contributed by atoms with Crippen molar-refractivity contribution in [1.29, 1.82) is 0 Å². The predicted octanol–water partition coefficient (Wildman–Crippen LogP) is 1.41. The maximum absolute atomic E-state index is 13.1. The number of ether oxygens (including phenoxy) is 2. The maximum Gasteiger partial charge on any atom is 0.228 e. The molecule has 0 aromatic heterocycles. The fourth-order valence-corrected chi connectivity index (χ4v) is 4.47. The van der Waals surface area contributed by atoms with Crippen molar-refractivity contribution in [2.45, 2.75) is 37.8 Å². The number of hydrogen-bond donors (Lipinski definition) is 1. The Kier molecular flexibility index (Phi) is 4.95. The smallest absolute Gasteiger partial charge is 0.228 e. The van der Waals surface area contributed by atoms with Crippen LogP contribution < -0.4 is 19.7 Å². The van der Waals surface area contributed by atoms with E-state index in [1.165, 1.54) is 6.42 Å². The summed E-state index contributed by atoms with van der Waals surface area (Å²) in [5.74, 6) is 1.04. The van der Waals surface area contributed by atoms with Gasteiger partial charge in [-0.25, -0.2) is 0 Å². The molecule has 2 amide bonds. The molecule has 7 heteroatoms. The van der Waals surface area contributed by atoms with Crippen LogP contribution in [-0.2, 0) is 9.59 Å². The van der Waals surface area contributed by atoms with Crippen LogP contribution in [0.15, 0.2) is 18.2 Å². The molecule has 2 bridgehead atoms. The number of carbonyl (C=O) groups is 2. The molecule has 1 N–H and O–H groups in total. The number of hydrogen-bond acceptors (Lipinski definition) is 5. The van der Waals surface area contributed by atoms with Crippen LogP contribution >= 0.6 is 0 Å². The summed E-state index contributed by atoms with van der Waals surface area (Å²) < 4.78 is 10.6. The zero-order valence-corrected chi connectivity index (χ0v) is 15.9. The third-order valence-corrected chi connectivity index (χ3v) is 5.96. The summed E-state index contributed by atoms with van der Waals surface area (Å²) in [4.78, 5) is 29.3. The van der Waals surface area contributed by atoms with E-state index in [2.05, 4.69) is 5.32 Å². The number of fused-ring (bicyclic) bond motifs is 2. The van der Waals surface area contributed by atoms with E-state index in [1.807, 2.05) is 17.0 Å². The Hall–Kier alpha value is -2.28. The molecule has 7 nitrogen and oxygen atoms in total. The highest BCUT2D eigenvalue weighted by Crippen LogP contribution is 2.33. The summed E-state index contributed by atoms with van der Waals surface area (Å²) >= 11 is 0. The van der Waals surface area contributed by atoms with Crippen molar-refractivity contribution in [3.05, 3.63) is 18.2 Å². The Labute approximate surface area is 159 Å². The normalized spacial score (nSPS) is 27.6. The lowest BCUT2D eigenvalue weighted by molar-refractivity contribution is -0.136. The molecule has 27 heavy (non-hydrogen) atoms. The highest BCUT2D eigenvalue weighted by molar-refractivity contribution is 6.00. The molecule has 3 unspecified atom stereocenters. The van der Waals surface area contributed by atoms with E-state index in [0.717, 1.165) is 25.9 Å². The maximum atomic E-state index is 13.1. The number of amides is 2. The van der Waals surface area contributed by atoms with Crippen molar-refractivity contribution in [2.24, 2.45) is 5.92 Å². The van der Waals surface area contributed by atoms with Gasteiger partial charge in [0.15, 0.2) is 0 Å². The van der Waals surface area contributed by atoms with E-state index in [-0.39, 0.29) is 24.2 Å². The summed E-state index contributed by atoms with van der Waals surface area (Å²) in [7, 11) is 3.16. The first-order valence-corrected chi connectivity index (χ1v) is 9.65. The average molecular weight is 373 g/mol. The van der Waals surface area contributed by atoms with Gasteiger partial charge in [0.1, 0.15) is 11.5 Å². The van der Waals surface area contributed by atoms with Crippen molar-refractivity contribution >= 4 is 17.5 Å². The first-order chi connectivity index (χ1) is 13.1. The second-order valence-corrected chi connectivity index (χ2v) is 7.69. The molecule has 146 valence electrons. The van der Waals surface area contributed by atoms with Gasteiger partial charge in [0.2, 0.25) is 11.8 Å². The standard InChI is InChI=1S/C20H27N3O4/c1-26-17-8-16(9-18(10-17)27-2)23-11-13(7-19(23)24)20(25)22-6-5-14-3-4-15(12-22)21-14/h8-10,13-15,21H,3-7,11-12H2,1-2H3. The molecule has 0 spiro atoms. The van der Waals surface area contributed by atoms with E-state index in [9.17, 15) is 9.59 Å². The Morgan fingerprint density at radius 3 is 2.44 bits per heavy atom. The van der Waals surface area contributed by atoms with Gasteiger partial charge in [-0.3, -0.25) is 9.59 Å². The van der Waals surface area contributed by atoms with Crippen LogP contribution in [0.1, 0.15) is 25.7 Å². The Morgan fingerprint density at radius 2 is 1.74 bits per heavy atom. The van der Waals surface area contributed by atoms with Crippen molar-refractivity contribution in [2.75, 3.05) is 38.8 Å². The molecule has 3 aliphatic heterocycles. The number of likely N-dealkylation sites (tertiary alicyclic amines) is 1. The van der Waals surface area contributed by atoms with Crippen LogP contribution in [0.3, 0.4) is 0 Å². The SMILES string of the molecule is COc1cc(OC)cc(N2CC(C(=O)N3CCC4CCC(C3)N4)CC2=O)c1. The molecule has 0 saturated carbocycles. The van der Waals surface area contributed by atoms with Crippen LogP contribution in [0.25, 0.3) is 0 Å². The quantitative estimate of drug-likeness (QED) is 0.864. The van der Waals surface area contributed by atoms with Gasteiger partial charge in [-0.1, -0.05) is 0 Å². The lowest BCUT2D eigenvalue weighted by atomic mass is 10.0. The van der Waals surface area contributed by atoms with Gasteiger partial charge < -0.3 is 24.6 Å². The number of benzene rings is 1. The summed E-state index contributed by atoms with van der Waals surface area (Å²) in [6.45, 7) is 1.95. The van der Waals surface area contributed by atoms with Crippen LogP contribution in [0, 0.1) is 5.92 Å². The fraction of sp³-hybridized carbons (Fsp3) is 0.600. The van der Waals surface area contributed by atoms with E-state index < -0.39 is 0 Å². The predicted molar refractivity (Wildman–Crippen MR) is 101 cm³/mol. The number of rotatable bonds is 4. The largest absolute Gasteiger partial charge is 0.497 e. The molecule has 1 aromatic carbocycles. The molecule has 3 atom stereocenters. The third-order valence-electron chi connectivity index (χ3n) is 5.96. The van der Waals surface area contributed by atoms with Crippen LogP contribution in [0.4, 0.5) is 5.69 Å². The summed E-state index contributed by atoms with van der Waals surface area (Å²) in [5.41, 5.74) is 0.711. The van der Waals surface area contributed by atoms with E-state index in [0.29, 0.717) is 35.8 Å². The summed E-state index contributed by atoms with van der Waals surface area (Å²) in [5, 5.41) is 3.60. The van der Waals surface area contributed by atoms with Crippen LogP contribution in [0.5, 0.6) is 11.5 Å². The number of anilines is 1. The molecule has 1 aromatic rings. The van der Waals surface area contributed by atoms with E-state index in [1.54, 1.807) is 25.2 Å². The minimum Gasteiger partial charge on any atom is -0.497 e. The van der Waals surface area contributed by atoms with Crippen molar-refractivity contribution in [3.63, 3.8) is 0 Å². The van der Waals surface area contributed by atoms with Gasteiger partial charge in [-0.15, -0.1) is 0 Å². The zero-order valence-electron chi connectivity index (χ0n) is 15.9. The zero-order chi connectivity index (χ0) is 19.0. The number of nitrogens with zero attached hydrogens (tertiary/aromatic N) is 2. The summed E-state index contributed by atoms with van der Waals surface area (Å²) in [6.07, 6.45) is 3.60. The number of carbonyl (C=O) groups excluding carboxylic acids is 2. The second-order valence-electron chi connectivity index (χ2n) is 7.69. The Bertz CT molecular complexity index is 716. The molecule has 4 rings (SSSR count). The average Bonchev–Trinajstić information content (AvgIpc) is 3.22. The molecule has 3 aliphatic rings. The lowest BCUT2D eigenvalue weighted by Crippen LogP contribution is -2.42. The van der Waals surface area contributed by atoms with Gasteiger partial charge in [0.25, 0.3) is 0 Å². The fourth-order valence-electron chi connectivity index (χ4n) is 4.47. The van der Waals surface area contributed by atoms with E-state index >= 15 is 0 Å². The topological polar surface area (TPSA) is 71.1 Å². The summed E-state index contributed by atoms with van der Waals surface area (Å²) in [6, 6.07) is 6.33. The van der Waals surface area contributed by atoms with Crippen LogP contribution in [-0.4, -0.2) is 62.7 Å². The molecule has 3 saturated heterocycles. The van der Waals surface area contributed by atoms with Crippen molar-refractivity contribution in [1.82, 2.24) is 10.2 Å². The van der Waals surface area contributed by atoms with Gasteiger partial charge in [0.05, 0.1) is 25.8 Å². The second kappa shape index (κ2) is 7.38. The highest BCUT2D eigenvalue weighted by atomic mass is 16.5. The minimum atomic E-state index is -0.286. The Morgan fingerprint density at radius 1 is 1.04 bits per heavy atom. The first-order valence-electron chi connectivity index (χ1n) is 9.65. The highest BCUT2D eigenvalue weighted by Gasteiger charge is 2.39.